The number of nitrogens with zero attached hydrogens (tertiary/aromatic N) is 1. The molecule has 22 heavy (non-hydrogen) atoms. The van der Waals surface area contributed by atoms with E-state index in [0.717, 1.165) is 11.3 Å². The molecule has 114 valence electrons. The van der Waals surface area contributed by atoms with E-state index in [2.05, 4.69) is 5.43 Å². The number of benzene rings is 2. The molecule has 5 nitrogen and oxygen atoms in total. The summed E-state index contributed by atoms with van der Waals surface area (Å²) in [6.07, 6.45) is 0.407. The first-order chi connectivity index (χ1) is 10.7. The molecule has 1 amide bonds. The molecule has 0 saturated carbocycles. The predicted octanol–water partition coefficient (Wildman–Crippen LogP) is 2.69. The summed E-state index contributed by atoms with van der Waals surface area (Å²) in [5, 5.41) is 1.89. The first kappa shape index (κ1) is 14.3. The number of carbonyl (C=O) groups is 1. The third kappa shape index (κ3) is 2.57. The van der Waals surface area contributed by atoms with Gasteiger partial charge in [-0.3, -0.25) is 15.2 Å². The molecule has 0 spiro atoms. The summed E-state index contributed by atoms with van der Waals surface area (Å²) in [7, 11) is 3.21. The Hall–Kier alpha value is -2.69. The van der Waals surface area contributed by atoms with Crippen molar-refractivity contribution in [2.24, 2.45) is 0 Å². The SMILES string of the molecule is COc1ccc([C@@H]2CC(=O)NN2c2ccccc2)cc1OC. The van der Waals surface area contributed by atoms with Crippen molar-refractivity contribution in [1.82, 2.24) is 5.43 Å². The van der Waals surface area contributed by atoms with Gasteiger partial charge in [0.15, 0.2) is 11.5 Å². The van der Waals surface area contributed by atoms with E-state index >= 15 is 0 Å². The molecule has 1 N–H and O–H groups in total. The minimum Gasteiger partial charge on any atom is -0.493 e. The summed E-state index contributed by atoms with van der Waals surface area (Å²) >= 11 is 0. The van der Waals surface area contributed by atoms with Crippen LogP contribution in [0.2, 0.25) is 0 Å². The largest absolute Gasteiger partial charge is 0.493 e. The highest BCUT2D eigenvalue weighted by Crippen LogP contribution is 2.36. The molecule has 1 aliphatic heterocycles. The minimum atomic E-state index is -0.0743. The summed E-state index contributed by atoms with van der Waals surface area (Å²) in [5.41, 5.74) is 4.86. The van der Waals surface area contributed by atoms with Crippen LogP contribution < -0.4 is 19.9 Å². The molecule has 1 heterocycles. The maximum absolute atomic E-state index is 11.9. The van der Waals surface area contributed by atoms with Crippen molar-refractivity contribution in [3.8, 4) is 11.5 Å². The van der Waals surface area contributed by atoms with Crippen molar-refractivity contribution in [2.45, 2.75) is 12.5 Å². The molecule has 0 bridgehead atoms. The van der Waals surface area contributed by atoms with Crippen molar-refractivity contribution in [2.75, 3.05) is 19.2 Å². The summed E-state index contributed by atoms with van der Waals surface area (Å²) in [4.78, 5) is 11.9. The van der Waals surface area contributed by atoms with Crippen molar-refractivity contribution in [1.29, 1.82) is 0 Å². The van der Waals surface area contributed by atoms with Crippen LogP contribution in [0.5, 0.6) is 11.5 Å². The Balaban J connectivity index is 1.97. The lowest BCUT2D eigenvalue weighted by molar-refractivity contribution is -0.119. The van der Waals surface area contributed by atoms with Gasteiger partial charge >= 0.3 is 0 Å². The van der Waals surface area contributed by atoms with E-state index in [9.17, 15) is 4.79 Å². The number of carbonyl (C=O) groups excluding carboxylic acids is 1. The number of hydrazine groups is 1. The quantitative estimate of drug-likeness (QED) is 0.943. The van der Waals surface area contributed by atoms with Gasteiger partial charge in [0, 0.05) is 0 Å². The number of methoxy groups -OCH3 is 2. The molecule has 0 aromatic heterocycles. The highest BCUT2D eigenvalue weighted by atomic mass is 16.5. The van der Waals surface area contributed by atoms with E-state index in [1.54, 1.807) is 14.2 Å². The molecular weight excluding hydrogens is 280 g/mol. The molecule has 5 heteroatoms. The lowest BCUT2D eigenvalue weighted by atomic mass is 10.0. The minimum absolute atomic E-state index is 0.00337. The van der Waals surface area contributed by atoms with Crippen LogP contribution in [0.25, 0.3) is 0 Å². The second-order valence-corrected chi connectivity index (χ2v) is 5.07. The molecule has 2 aromatic rings. The average Bonchev–Trinajstić information content (AvgIpc) is 2.97. The number of anilines is 1. The normalized spacial score (nSPS) is 17.3. The van der Waals surface area contributed by atoms with E-state index in [4.69, 9.17) is 9.47 Å². The van der Waals surface area contributed by atoms with Gasteiger partial charge in [0.2, 0.25) is 5.91 Å². The van der Waals surface area contributed by atoms with Gasteiger partial charge in [-0.25, -0.2) is 0 Å². The number of para-hydroxylation sites is 1. The van der Waals surface area contributed by atoms with Crippen LogP contribution in [0.15, 0.2) is 48.5 Å². The maximum atomic E-state index is 11.9. The number of nitrogens with one attached hydrogen (secondary N) is 1. The van der Waals surface area contributed by atoms with Crippen molar-refractivity contribution in [3.63, 3.8) is 0 Å². The van der Waals surface area contributed by atoms with Gasteiger partial charge in [0.05, 0.1) is 32.4 Å². The molecule has 1 aliphatic rings. The number of amides is 1. The lowest BCUT2D eigenvalue weighted by Crippen LogP contribution is -2.34. The number of hydrogen-bond donors (Lipinski definition) is 1. The monoisotopic (exact) mass is 298 g/mol. The Morgan fingerprint density at radius 3 is 2.45 bits per heavy atom. The third-order valence-corrected chi connectivity index (χ3v) is 3.76. The Morgan fingerprint density at radius 2 is 1.77 bits per heavy atom. The van der Waals surface area contributed by atoms with E-state index in [1.807, 2.05) is 53.5 Å². The summed E-state index contributed by atoms with van der Waals surface area (Å²) < 4.78 is 10.6. The molecular formula is C17H18N2O3. The predicted molar refractivity (Wildman–Crippen MR) is 84.0 cm³/mol. The summed E-state index contributed by atoms with van der Waals surface area (Å²) in [5.74, 6) is 1.34. The van der Waals surface area contributed by atoms with Gasteiger partial charge in [-0.15, -0.1) is 0 Å². The Labute approximate surface area is 129 Å². The number of hydrogen-bond acceptors (Lipinski definition) is 4. The fraction of sp³-hybridized carbons (Fsp3) is 0.235. The third-order valence-electron chi connectivity index (χ3n) is 3.76. The molecule has 2 aromatic carbocycles. The van der Waals surface area contributed by atoms with Gasteiger partial charge < -0.3 is 9.47 Å². The Morgan fingerprint density at radius 1 is 1.05 bits per heavy atom. The number of rotatable bonds is 4. The molecule has 0 radical (unpaired) electrons. The second-order valence-electron chi connectivity index (χ2n) is 5.07. The molecule has 1 saturated heterocycles. The fourth-order valence-electron chi connectivity index (χ4n) is 2.68. The van der Waals surface area contributed by atoms with E-state index in [-0.39, 0.29) is 11.9 Å². The van der Waals surface area contributed by atoms with Crippen LogP contribution >= 0.6 is 0 Å². The van der Waals surface area contributed by atoms with Crippen LogP contribution in [-0.2, 0) is 4.79 Å². The van der Waals surface area contributed by atoms with Crippen LogP contribution in [0.3, 0.4) is 0 Å². The van der Waals surface area contributed by atoms with Crippen LogP contribution in [-0.4, -0.2) is 20.1 Å². The topological polar surface area (TPSA) is 50.8 Å². The lowest BCUT2D eigenvalue weighted by Gasteiger charge is -2.26. The Bertz CT molecular complexity index is 673. The average molecular weight is 298 g/mol. The Kier molecular flexibility index (Phi) is 3.87. The standard InChI is InChI=1S/C17H18N2O3/c1-21-15-9-8-12(10-16(15)22-2)14-11-17(20)18-19(14)13-6-4-3-5-7-13/h3-10,14H,11H2,1-2H3,(H,18,20)/t14-/m0/s1. The second kappa shape index (κ2) is 5.97. The molecule has 0 unspecified atom stereocenters. The fourth-order valence-corrected chi connectivity index (χ4v) is 2.68. The zero-order valence-corrected chi connectivity index (χ0v) is 12.6. The van der Waals surface area contributed by atoms with Crippen molar-refractivity contribution < 1.29 is 14.3 Å². The smallest absolute Gasteiger partial charge is 0.241 e. The number of ether oxygens (including phenoxy) is 2. The highest BCUT2D eigenvalue weighted by molar-refractivity contribution is 5.83. The van der Waals surface area contributed by atoms with E-state index in [1.165, 1.54) is 0 Å². The first-order valence-corrected chi connectivity index (χ1v) is 7.08. The van der Waals surface area contributed by atoms with Crippen LogP contribution in [0.1, 0.15) is 18.0 Å². The van der Waals surface area contributed by atoms with Crippen LogP contribution in [0, 0.1) is 0 Å². The van der Waals surface area contributed by atoms with Gasteiger partial charge in [-0.05, 0) is 29.8 Å². The van der Waals surface area contributed by atoms with Gasteiger partial charge in [-0.2, -0.15) is 0 Å². The van der Waals surface area contributed by atoms with Crippen molar-refractivity contribution in [3.05, 3.63) is 54.1 Å². The van der Waals surface area contributed by atoms with Gasteiger partial charge in [-0.1, -0.05) is 24.3 Å². The highest BCUT2D eigenvalue weighted by Gasteiger charge is 2.32. The maximum Gasteiger partial charge on any atom is 0.241 e. The zero-order valence-electron chi connectivity index (χ0n) is 12.6. The van der Waals surface area contributed by atoms with E-state index in [0.29, 0.717) is 17.9 Å². The van der Waals surface area contributed by atoms with E-state index < -0.39 is 0 Å². The van der Waals surface area contributed by atoms with Crippen LogP contribution in [0.4, 0.5) is 5.69 Å². The van der Waals surface area contributed by atoms with Crippen molar-refractivity contribution >= 4 is 11.6 Å². The first-order valence-electron chi connectivity index (χ1n) is 7.08. The molecule has 1 atom stereocenters. The van der Waals surface area contributed by atoms with Gasteiger partial charge in [0.1, 0.15) is 0 Å². The molecule has 1 fully saturated rings. The molecule has 3 rings (SSSR count). The zero-order chi connectivity index (χ0) is 15.5. The summed E-state index contributed by atoms with van der Waals surface area (Å²) in [6, 6.07) is 15.5. The summed E-state index contributed by atoms with van der Waals surface area (Å²) in [6.45, 7) is 0. The molecule has 0 aliphatic carbocycles. The van der Waals surface area contributed by atoms with Gasteiger partial charge in [0.25, 0.3) is 0 Å².